The second kappa shape index (κ2) is 9.39. The number of hydrogen-bond acceptors (Lipinski definition) is 4. The highest BCUT2D eigenvalue weighted by molar-refractivity contribution is 5.96. The summed E-state index contributed by atoms with van der Waals surface area (Å²) in [6.45, 7) is 0.600. The van der Waals surface area contributed by atoms with Gasteiger partial charge in [-0.05, 0) is 37.0 Å². The van der Waals surface area contributed by atoms with Gasteiger partial charge < -0.3 is 14.6 Å². The molecule has 1 aliphatic rings. The molecule has 0 aliphatic carbocycles. The van der Waals surface area contributed by atoms with Crippen LogP contribution in [0, 0.1) is 0 Å². The van der Waals surface area contributed by atoms with E-state index in [9.17, 15) is 9.59 Å². The molecular formula is C24H25N3O3. The van der Waals surface area contributed by atoms with Crippen molar-refractivity contribution in [3.8, 4) is 0 Å². The second-order valence-electron chi connectivity index (χ2n) is 7.47. The maximum atomic E-state index is 12.9. The fourth-order valence-electron chi connectivity index (χ4n) is 3.79. The fourth-order valence-corrected chi connectivity index (χ4v) is 3.79. The normalized spacial score (nSPS) is 16.3. The molecule has 154 valence electrons. The van der Waals surface area contributed by atoms with Crippen molar-refractivity contribution in [1.82, 2.24) is 15.2 Å². The first-order valence-electron chi connectivity index (χ1n) is 10.3. The van der Waals surface area contributed by atoms with E-state index in [-0.39, 0.29) is 24.4 Å². The topological polar surface area (TPSA) is 75.4 Å². The van der Waals surface area contributed by atoms with Crippen molar-refractivity contribution in [1.29, 1.82) is 0 Å². The Labute approximate surface area is 175 Å². The fraction of sp³-hybridized carbons (Fsp3) is 0.292. The van der Waals surface area contributed by atoms with Gasteiger partial charge in [-0.25, -0.2) is 4.98 Å². The van der Waals surface area contributed by atoms with Gasteiger partial charge in [0.25, 0.3) is 5.91 Å². The van der Waals surface area contributed by atoms with Crippen LogP contribution >= 0.6 is 0 Å². The van der Waals surface area contributed by atoms with Crippen LogP contribution in [0.25, 0.3) is 0 Å². The summed E-state index contributed by atoms with van der Waals surface area (Å²) in [5.41, 5.74) is 1.69. The first-order chi connectivity index (χ1) is 14.7. The van der Waals surface area contributed by atoms with E-state index in [1.807, 2.05) is 36.4 Å². The monoisotopic (exact) mass is 403 g/mol. The summed E-state index contributed by atoms with van der Waals surface area (Å²) < 4.78 is 6.01. The van der Waals surface area contributed by atoms with Gasteiger partial charge in [-0.15, -0.1) is 0 Å². The minimum absolute atomic E-state index is 0.0399. The molecule has 2 aromatic carbocycles. The quantitative estimate of drug-likeness (QED) is 0.680. The average molecular weight is 403 g/mol. The average Bonchev–Trinajstić information content (AvgIpc) is 3.27. The Morgan fingerprint density at radius 2 is 1.77 bits per heavy atom. The second-order valence-corrected chi connectivity index (χ2v) is 7.47. The lowest BCUT2D eigenvalue weighted by molar-refractivity contribution is -0.134. The molecule has 1 atom stereocenters. The molecule has 1 aliphatic heterocycles. The molecule has 4 rings (SSSR count). The highest BCUT2D eigenvalue weighted by Crippen LogP contribution is 2.31. The van der Waals surface area contributed by atoms with Crippen molar-refractivity contribution >= 4 is 11.8 Å². The van der Waals surface area contributed by atoms with E-state index in [4.69, 9.17) is 4.42 Å². The molecule has 2 heterocycles. The highest BCUT2D eigenvalue weighted by Gasteiger charge is 2.31. The summed E-state index contributed by atoms with van der Waals surface area (Å²) >= 11 is 0. The Bertz CT molecular complexity index is 985. The van der Waals surface area contributed by atoms with E-state index < -0.39 is 0 Å². The Hall–Kier alpha value is -3.41. The number of nitrogens with zero attached hydrogens (tertiary/aromatic N) is 2. The van der Waals surface area contributed by atoms with E-state index in [0.717, 1.165) is 30.6 Å². The van der Waals surface area contributed by atoms with Gasteiger partial charge in [-0.3, -0.25) is 9.59 Å². The number of piperidine rings is 1. The number of oxazole rings is 1. The molecule has 6 nitrogen and oxygen atoms in total. The van der Waals surface area contributed by atoms with Crippen molar-refractivity contribution in [3.63, 3.8) is 0 Å². The number of nitrogens with one attached hydrogen (secondary N) is 1. The van der Waals surface area contributed by atoms with Crippen LogP contribution in [-0.2, 0) is 11.2 Å². The molecule has 1 fully saturated rings. The van der Waals surface area contributed by atoms with Gasteiger partial charge in [0.05, 0.1) is 12.7 Å². The Balaban J connectivity index is 1.40. The van der Waals surface area contributed by atoms with E-state index in [2.05, 4.69) is 10.3 Å². The maximum Gasteiger partial charge on any atom is 0.251 e. The van der Waals surface area contributed by atoms with Gasteiger partial charge >= 0.3 is 0 Å². The van der Waals surface area contributed by atoms with Gasteiger partial charge in [0.15, 0.2) is 0 Å². The van der Waals surface area contributed by atoms with E-state index >= 15 is 0 Å². The molecule has 0 unspecified atom stereocenters. The molecule has 0 spiro atoms. The summed E-state index contributed by atoms with van der Waals surface area (Å²) in [6.07, 6.45) is 5.18. The molecule has 0 radical (unpaired) electrons. The number of benzene rings is 2. The zero-order valence-electron chi connectivity index (χ0n) is 16.8. The van der Waals surface area contributed by atoms with Crippen molar-refractivity contribution in [2.24, 2.45) is 0 Å². The summed E-state index contributed by atoms with van der Waals surface area (Å²) in [7, 11) is 0. The standard InChI is InChI=1S/C24H25N3O3/c28-22(17-25-23(29)19-11-5-2-6-12-19)27-14-8-7-13-21(27)24-26-16-20(30-24)15-18-9-3-1-4-10-18/h1-6,9-12,16,21H,7-8,13-15,17H2,(H,25,29)/t21-/m0/s1. The summed E-state index contributed by atoms with van der Waals surface area (Å²) in [5, 5.41) is 2.72. The number of rotatable bonds is 6. The lowest BCUT2D eigenvalue weighted by Crippen LogP contribution is -2.44. The maximum absolute atomic E-state index is 12.9. The SMILES string of the molecule is O=C(NCC(=O)N1CCCC[C@H]1c1ncc(Cc2ccccc2)o1)c1ccccc1. The third-order valence-corrected chi connectivity index (χ3v) is 5.34. The Morgan fingerprint density at radius 3 is 2.53 bits per heavy atom. The zero-order valence-corrected chi connectivity index (χ0v) is 16.8. The predicted octanol–water partition coefficient (Wildman–Crippen LogP) is 3.75. The molecule has 1 saturated heterocycles. The zero-order chi connectivity index (χ0) is 20.8. The molecule has 1 N–H and O–H groups in total. The molecule has 0 saturated carbocycles. The van der Waals surface area contributed by atoms with Gasteiger partial charge in [0, 0.05) is 18.5 Å². The minimum atomic E-state index is -0.251. The Morgan fingerprint density at radius 1 is 1.03 bits per heavy atom. The smallest absolute Gasteiger partial charge is 0.251 e. The minimum Gasteiger partial charge on any atom is -0.443 e. The van der Waals surface area contributed by atoms with Crippen LogP contribution < -0.4 is 5.32 Å². The predicted molar refractivity (Wildman–Crippen MR) is 113 cm³/mol. The molecule has 0 bridgehead atoms. The molecule has 6 heteroatoms. The van der Waals surface area contributed by atoms with Crippen LogP contribution in [0.3, 0.4) is 0 Å². The number of amides is 2. The molecule has 3 aromatic rings. The van der Waals surface area contributed by atoms with Gasteiger partial charge in [-0.1, -0.05) is 48.5 Å². The van der Waals surface area contributed by atoms with Crippen LogP contribution in [-0.4, -0.2) is 34.8 Å². The third kappa shape index (κ3) is 4.76. The van der Waals surface area contributed by atoms with Crippen molar-refractivity contribution in [3.05, 3.63) is 89.6 Å². The van der Waals surface area contributed by atoms with Crippen LogP contribution in [0.5, 0.6) is 0 Å². The van der Waals surface area contributed by atoms with Crippen molar-refractivity contribution in [2.45, 2.75) is 31.7 Å². The summed E-state index contributed by atoms with van der Waals surface area (Å²) in [5.74, 6) is 0.987. The van der Waals surface area contributed by atoms with Crippen LogP contribution in [0.1, 0.15) is 52.9 Å². The summed E-state index contributed by atoms with van der Waals surface area (Å²) in [6, 6.07) is 18.8. The lowest BCUT2D eigenvalue weighted by Gasteiger charge is -2.33. The Kier molecular flexibility index (Phi) is 6.23. The molecule has 1 aromatic heterocycles. The number of aromatic nitrogens is 1. The van der Waals surface area contributed by atoms with E-state index in [1.165, 1.54) is 0 Å². The van der Waals surface area contributed by atoms with Crippen LogP contribution in [0.4, 0.5) is 0 Å². The third-order valence-electron chi connectivity index (χ3n) is 5.34. The van der Waals surface area contributed by atoms with E-state index in [1.54, 1.807) is 35.4 Å². The first-order valence-corrected chi connectivity index (χ1v) is 10.3. The highest BCUT2D eigenvalue weighted by atomic mass is 16.4. The van der Waals surface area contributed by atoms with E-state index in [0.29, 0.717) is 24.4 Å². The largest absolute Gasteiger partial charge is 0.443 e. The van der Waals surface area contributed by atoms with Crippen LogP contribution in [0.2, 0.25) is 0 Å². The first kappa shape index (κ1) is 19.9. The van der Waals surface area contributed by atoms with Gasteiger partial charge in [0.1, 0.15) is 11.8 Å². The molecule has 2 amide bonds. The lowest BCUT2D eigenvalue weighted by atomic mass is 10.0. The number of likely N-dealkylation sites (tertiary alicyclic amines) is 1. The summed E-state index contributed by atoms with van der Waals surface area (Å²) in [4.78, 5) is 31.4. The number of carbonyl (C=O) groups excluding carboxylic acids is 2. The van der Waals surface area contributed by atoms with Crippen LogP contribution in [0.15, 0.2) is 71.3 Å². The molecular weight excluding hydrogens is 378 g/mol. The van der Waals surface area contributed by atoms with Crippen molar-refractivity contribution < 1.29 is 14.0 Å². The molecule has 30 heavy (non-hydrogen) atoms. The van der Waals surface area contributed by atoms with Gasteiger partial charge in [-0.2, -0.15) is 0 Å². The van der Waals surface area contributed by atoms with Gasteiger partial charge in [0.2, 0.25) is 11.8 Å². The number of carbonyl (C=O) groups is 2. The van der Waals surface area contributed by atoms with Crippen molar-refractivity contribution in [2.75, 3.05) is 13.1 Å². The number of hydrogen-bond donors (Lipinski definition) is 1.